The van der Waals surface area contributed by atoms with Gasteiger partial charge in [0.1, 0.15) is 0 Å². The molecule has 108 valence electrons. The van der Waals surface area contributed by atoms with Crippen LogP contribution >= 0.6 is 0 Å². The van der Waals surface area contributed by atoms with Crippen LogP contribution in [0.15, 0.2) is 23.3 Å². The molecule has 19 heavy (non-hydrogen) atoms. The van der Waals surface area contributed by atoms with Gasteiger partial charge < -0.3 is 5.32 Å². The number of nitrogens with zero attached hydrogens (tertiary/aromatic N) is 1. The summed E-state index contributed by atoms with van der Waals surface area (Å²) < 4.78 is 0. The van der Waals surface area contributed by atoms with Crippen LogP contribution in [0.1, 0.15) is 52.9 Å². The fourth-order valence-electron chi connectivity index (χ4n) is 3.16. The van der Waals surface area contributed by atoms with E-state index in [1.807, 2.05) is 0 Å². The molecule has 1 unspecified atom stereocenters. The molecule has 2 aliphatic rings. The number of piperidine rings is 1. The fraction of sp³-hybridized carbons (Fsp3) is 0.765. The first-order chi connectivity index (χ1) is 9.20. The van der Waals surface area contributed by atoms with Gasteiger partial charge in [0.15, 0.2) is 0 Å². The molecule has 0 saturated carbocycles. The van der Waals surface area contributed by atoms with Crippen molar-refractivity contribution in [3.05, 3.63) is 23.3 Å². The highest BCUT2D eigenvalue weighted by Crippen LogP contribution is 2.26. The van der Waals surface area contributed by atoms with Crippen molar-refractivity contribution in [2.75, 3.05) is 19.6 Å². The second-order valence-electron chi connectivity index (χ2n) is 6.24. The van der Waals surface area contributed by atoms with Crippen LogP contribution < -0.4 is 5.32 Å². The number of allylic oxidation sites excluding steroid dienone is 2. The molecule has 2 rings (SSSR count). The Morgan fingerprint density at radius 1 is 1.26 bits per heavy atom. The summed E-state index contributed by atoms with van der Waals surface area (Å²) in [4.78, 5) is 2.71. The Labute approximate surface area is 118 Å². The molecule has 1 N–H and O–H groups in total. The number of hydrogen-bond donors (Lipinski definition) is 1. The van der Waals surface area contributed by atoms with Gasteiger partial charge >= 0.3 is 0 Å². The molecule has 1 saturated heterocycles. The summed E-state index contributed by atoms with van der Waals surface area (Å²) in [6, 6.07) is 1.22. The summed E-state index contributed by atoms with van der Waals surface area (Å²) in [5.41, 5.74) is 3.13. The minimum absolute atomic E-state index is 0.568. The van der Waals surface area contributed by atoms with Crippen LogP contribution in [0.5, 0.6) is 0 Å². The molecule has 0 radical (unpaired) electrons. The van der Waals surface area contributed by atoms with Gasteiger partial charge in [0, 0.05) is 18.6 Å². The summed E-state index contributed by atoms with van der Waals surface area (Å²) in [6.07, 6.45) is 11.5. The predicted octanol–water partition coefficient (Wildman–Crippen LogP) is 3.51. The van der Waals surface area contributed by atoms with E-state index in [2.05, 4.69) is 43.1 Å². The zero-order valence-corrected chi connectivity index (χ0v) is 12.9. The van der Waals surface area contributed by atoms with Crippen LogP contribution in [0.3, 0.4) is 0 Å². The Bertz CT molecular complexity index is 335. The molecule has 0 amide bonds. The molecule has 1 aliphatic heterocycles. The summed E-state index contributed by atoms with van der Waals surface area (Å²) >= 11 is 0. The topological polar surface area (TPSA) is 15.3 Å². The fourth-order valence-corrected chi connectivity index (χ4v) is 3.16. The van der Waals surface area contributed by atoms with Crippen molar-refractivity contribution in [1.82, 2.24) is 10.2 Å². The molecular formula is C17H30N2. The first-order valence-corrected chi connectivity index (χ1v) is 8.07. The van der Waals surface area contributed by atoms with Crippen LogP contribution in [-0.4, -0.2) is 36.6 Å². The van der Waals surface area contributed by atoms with Gasteiger partial charge in [-0.2, -0.15) is 0 Å². The smallest absolute Gasteiger partial charge is 0.0357 e. The highest BCUT2D eigenvalue weighted by molar-refractivity contribution is 5.33. The van der Waals surface area contributed by atoms with Crippen molar-refractivity contribution in [2.24, 2.45) is 0 Å². The lowest BCUT2D eigenvalue weighted by molar-refractivity contribution is 0.181. The lowest BCUT2D eigenvalue weighted by Crippen LogP contribution is -2.43. The Morgan fingerprint density at radius 3 is 2.63 bits per heavy atom. The summed E-state index contributed by atoms with van der Waals surface area (Å²) in [6.45, 7) is 10.4. The van der Waals surface area contributed by atoms with Crippen molar-refractivity contribution in [1.29, 1.82) is 0 Å². The van der Waals surface area contributed by atoms with Gasteiger partial charge in [-0.25, -0.2) is 0 Å². The van der Waals surface area contributed by atoms with E-state index in [4.69, 9.17) is 0 Å². The Hall–Kier alpha value is -0.600. The molecule has 1 heterocycles. The molecule has 1 fully saturated rings. The molecule has 0 spiro atoms. The van der Waals surface area contributed by atoms with Crippen LogP contribution in [-0.2, 0) is 0 Å². The average molecular weight is 262 g/mol. The normalized spacial score (nSPS) is 25.4. The summed E-state index contributed by atoms with van der Waals surface area (Å²) in [5, 5.41) is 3.61. The minimum atomic E-state index is 0.568. The van der Waals surface area contributed by atoms with E-state index < -0.39 is 0 Å². The van der Waals surface area contributed by atoms with Crippen molar-refractivity contribution in [3.8, 4) is 0 Å². The second-order valence-corrected chi connectivity index (χ2v) is 6.24. The van der Waals surface area contributed by atoms with Crippen LogP contribution in [0.4, 0.5) is 0 Å². The van der Waals surface area contributed by atoms with E-state index in [1.54, 1.807) is 5.57 Å². The first kappa shape index (κ1) is 14.8. The third-order valence-electron chi connectivity index (χ3n) is 4.36. The van der Waals surface area contributed by atoms with E-state index in [-0.39, 0.29) is 0 Å². The van der Waals surface area contributed by atoms with E-state index >= 15 is 0 Å². The van der Waals surface area contributed by atoms with Crippen molar-refractivity contribution >= 4 is 0 Å². The van der Waals surface area contributed by atoms with Gasteiger partial charge in [0.05, 0.1) is 0 Å². The quantitative estimate of drug-likeness (QED) is 0.815. The van der Waals surface area contributed by atoms with Crippen LogP contribution in [0.25, 0.3) is 0 Å². The third-order valence-corrected chi connectivity index (χ3v) is 4.36. The van der Waals surface area contributed by atoms with Crippen molar-refractivity contribution in [2.45, 2.75) is 65.0 Å². The Morgan fingerprint density at radius 2 is 2.00 bits per heavy atom. The Kier molecular flexibility index (Phi) is 5.65. The maximum absolute atomic E-state index is 3.61. The molecule has 0 aromatic rings. The zero-order valence-electron chi connectivity index (χ0n) is 12.9. The van der Waals surface area contributed by atoms with Gasteiger partial charge in [-0.05, 0) is 44.3 Å². The SMILES string of the molecule is CCC1=CCC(N2CCCCC2)C(CNC(C)C)=C1. The van der Waals surface area contributed by atoms with Crippen molar-refractivity contribution in [3.63, 3.8) is 0 Å². The highest BCUT2D eigenvalue weighted by atomic mass is 15.2. The molecule has 0 aromatic heterocycles. The molecule has 1 atom stereocenters. The van der Waals surface area contributed by atoms with E-state index in [1.165, 1.54) is 44.3 Å². The molecular weight excluding hydrogens is 232 g/mol. The van der Waals surface area contributed by atoms with Crippen LogP contribution in [0, 0.1) is 0 Å². The van der Waals surface area contributed by atoms with E-state index in [0.717, 1.165) is 13.0 Å². The summed E-state index contributed by atoms with van der Waals surface area (Å²) in [5.74, 6) is 0. The van der Waals surface area contributed by atoms with Gasteiger partial charge in [-0.3, -0.25) is 4.90 Å². The average Bonchev–Trinajstić information content (AvgIpc) is 2.45. The van der Waals surface area contributed by atoms with Gasteiger partial charge in [0.25, 0.3) is 0 Å². The molecule has 2 nitrogen and oxygen atoms in total. The first-order valence-electron chi connectivity index (χ1n) is 8.07. The zero-order chi connectivity index (χ0) is 13.7. The maximum atomic E-state index is 3.61. The summed E-state index contributed by atoms with van der Waals surface area (Å²) in [7, 11) is 0. The number of rotatable bonds is 5. The lowest BCUT2D eigenvalue weighted by Gasteiger charge is -2.37. The Balaban J connectivity index is 2.04. The van der Waals surface area contributed by atoms with Gasteiger partial charge in [-0.15, -0.1) is 0 Å². The van der Waals surface area contributed by atoms with E-state index in [0.29, 0.717) is 12.1 Å². The molecule has 2 heteroatoms. The maximum Gasteiger partial charge on any atom is 0.0357 e. The molecule has 1 aliphatic carbocycles. The second kappa shape index (κ2) is 7.25. The number of nitrogens with one attached hydrogen (secondary N) is 1. The number of likely N-dealkylation sites (tertiary alicyclic amines) is 1. The molecule has 0 bridgehead atoms. The third kappa shape index (κ3) is 4.19. The molecule has 0 aromatic carbocycles. The monoisotopic (exact) mass is 262 g/mol. The largest absolute Gasteiger partial charge is 0.311 e. The number of hydrogen-bond acceptors (Lipinski definition) is 2. The van der Waals surface area contributed by atoms with Gasteiger partial charge in [-0.1, -0.05) is 44.9 Å². The van der Waals surface area contributed by atoms with Crippen LogP contribution in [0.2, 0.25) is 0 Å². The lowest BCUT2D eigenvalue weighted by atomic mass is 9.90. The standard InChI is InChI=1S/C17H30N2/c1-4-15-8-9-17(19-10-6-5-7-11-19)16(12-15)13-18-14(2)3/h8,12,14,17-18H,4-7,9-11,13H2,1-3H3. The van der Waals surface area contributed by atoms with Gasteiger partial charge in [0.2, 0.25) is 0 Å². The van der Waals surface area contributed by atoms with Crippen molar-refractivity contribution < 1.29 is 0 Å². The highest BCUT2D eigenvalue weighted by Gasteiger charge is 2.25. The predicted molar refractivity (Wildman–Crippen MR) is 83.4 cm³/mol. The minimum Gasteiger partial charge on any atom is -0.311 e. The van der Waals surface area contributed by atoms with E-state index in [9.17, 15) is 0 Å².